The minimum atomic E-state index is -0.772. The third-order valence-electron chi connectivity index (χ3n) is 4.77. The number of anilines is 1. The fraction of sp³-hybridized carbons (Fsp3) is 0.273. The van der Waals surface area contributed by atoms with Gasteiger partial charge in [0.05, 0.1) is 29.7 Å². The van der Waals surface area contributed by atoms with Crippen molar-refractivity contribution in [3.8, 4) is 5.75 Å². The Morgan fingerprint density at radius 2 is 1.76 bits per heavy atom. The summed E-state index contributed by atoms with van der Waals surface area (Å²) < 4.78 is 10.2. The Kier molecular flexibility index (Phi) is 7.34. The molecule has 11 heteroatoms. The van der Waals surface area contributed by atoms with Crippen molar-refractivity contribution in [1.29, 1.82) is 0 Å². The topological polar surface area (TPSA) is 145 Å². The number of esters is 1. The minimum Gasteiger partial charge on any atom is -0.494 e. The van der Waals surface area contributed by atoms with Gasteiger partial charge in [0, 0.05) is 12.8 Å². The molecule has 172 valence electrons. The number of hydrogen-bond acceptors (Lipinski definition) is 8. The molecule has 1 heterocycles. The van der Waals surface area contributed by atoms with Gasteiger partial charge in [-0.1, -0.05) is 12.1 Å². The largest absolute Gasteiger partial charge is 0.494 e. The number of carbonyl (C=O) groups is 4. The number of nitrogens with one attached hydrogen (secondary N) is 1. The zero-order chi connectivity index (χ0) is 24.0. The van der Waals surface area contributed by atoms with E-state index < -0.39 is 23.4 Å². The highest BCUT2D eigenvalue weighted by Crippen LogP contribution is 2.29. The van der Waals surface area contributed by atoms with E-state index in [1.807, 2.05) is 0 Å². The van der Waals surface area contributed by atoms with Gasteiger partial charge in [-0.05, 0) is 36.8 Å². The van der Waals surface area contributed by atoms with Crippen molar-refractivity contribution >= 4 is 35.1 Å². The number of hydrogen-bond donors (Lipinski definition) is 1. The molecular formula is C22H21N3O8. The Morgan fingerprint density at radius 3 is 2.36 bits per heavy atom. The maximum Gasteiger partial charge on any atom is 0.338 e. The van der Waals surface area contributed by atoms with Crippen molar-refractivity contribution < 1.29 is 33.6 Å². The molecule has 0 saturated carbocycles. The van der Waals surface area contributed by atoms with Gasteiger partial charge >= 0.3 is 5.97 Å². The van der Waals surface area contributed by atoms with Crippen molar-refractivity contribution in [3.63, 3.8) is 0 Å². The molecule has 0 radical (unpaired) electrons. The lowest BCUT2D eigenvalue weighted by molar-refractivity contribution is -0.384. The lowest BCUT2D eigenvalue weighted by Crippen LogP contribution is -2.28. The van der Waals surface area contributed by atoms with E-state index in [0.717, 1.165) is 4.90 Å². The Bertz CT molecular complexity index is 1080. The summed E-state index contributed by atoms with van der Waals surface area (Å²) in [6, 6.07) is 10.1. The molecule has 1 N–H and O–H groups in total. The van der Waals surface area contributed by atoms with Gasteiger partial charge in [-0.2, -0.15) is 0 Å². The standard InChI is InChI=1S/C22H21N3O8/c1-2-32-16-7-8-17(18(11-16)25(30)31)23-19(26)13-33-22(29)15-5-3-14(4-6-15)12-24-20(27)9-10-21(24)28/h3-8,11H,2,9-10,12-13H2,1H3,(H,23,26). The average Bonchev–Trinajstić information content (AvgIpc) is 3.11. The van der Waals surface area contributed by atoms with Gasteiger partial charge in [-0.25, -0.2) is 4.79 Å². The van der Waals surface area contributed by atoms with Crippen LogP contribution in [0.3, 0.4) is 0 Å². The number of ether oxygens (including phenoxy) is 2. The van der Waals surface area contributed by atoms with Crippen LogP contribution in [-0.4, -0.2) is 46.7 Å². The smallest absolute Gasteiger partial charge is 0.338 e. The van der Waals surface area contributed by atoms with Crippen molar-refractivity contribution in [2.24, 2.45) is 0 Å². The zero-order valence-electron chi connectivity index (χ0n) is 17.7. The summed E-state index contributed by atoms with van der Waals surface area (Å²) in [6.07, 6.45) is 0.399. The van der Waals surface area contributed by atoms with E-state index in [1.165, 1.54) is 30.3 Å². The molecule has 0 bridgehead atoms. The first-order valence-electron chi connectivity index (χ1n) is 10.1. The van der Waals surface area contributed by atoms with Gasteiger partial charge in [-0.3, -0.25) is 29.4 Å². The molecule has 0 spiro atoms. The summed E-state index contributed by atoms with van der Waals surface area (Å²) in [4.78, 5) is 59.5. The first-order chi connectivity index (χ1) is 15.8. The second kappa shape index (κ2) is 10.4. The molecule has 1 aliphatic rings. The van der Waals surface area contributed by atoms with Crippen LogP contribution < -0.4 is 10.1 Å². The Hall–Kier alpha value is -4.28. The lowest BCUT2D eigenvalue weighted by Gasteiger charge is -2.13. The number of carbonyl (C=O) groups excluding carboxylic acids is 4. The SMILES string of the molecule is CCOc1ccc(NC(=O)COC(=O)c2ccc(CN3C(=O)CCC3=O)cc2)c([N+](=O)[O-])c1. The van der Waals surface area contributed by atoms with Crippen molar-refractivity contribution in [1.82, 2.24) is 4.90 Å². The van der Waals surface area contributed by atoms with E-state index in [-0.39, 0.29) is 53.9 Å². The Labute approximate surface area is 188 Å². The van der Waals surface area contributed by atoms with Crippen LogP contribution in [0.1, 0.15) is 35.7 Å². The number of nitro groups is 1. The number of likely N-dealkylation sites (tertiary alicyclic amines) is 1. The van der Waals surface area contributed by atoms with E-state index in [0.29, 0.717) is 12.2 Å². The number of amides is 3. The zero-order valence-corrected chi connectivity index (χ0v) is 17.7. The van der Waals surface area contributed by atoms with Gasteiger partial charge in [0.25, 0.3) is 11.6 Å². The predicted octanol–water partition coefficient (Wildman–Crippen LogP) is 2.44. The summed E-state index contributed by atoms with van der Waals surface area (Å²) in [5, 5.41) is 13.6. The second-order valence-corrected chi connectivity index (χ2v) is 7.06. The Morgan fingerprint density at radius 1 is 1.09 bits per heavy atom. The minimum absolute atomic E-state index is 0.0557. The first-order valence-corrected chi connectivity index (χ1v) is 10.1. The maximum absolute atomic E-state index is 12.2. The molecule has 0 aliphatic carbocycles. The van der Waals surface area contributed by atoms with Crippen LogP contribution in [0, 0.1) is 10.1 Å². The van der Waals surface area contributed by atoms with Gasteiger partial charge < -0.3 is 14.8 Å². The highest BCUT2D eigenvalue weighted by molar-refractivity contribution is 6.02. The first kappa shape index (κ1) is 23.4. The summed E-state index contributed by atoms with van der Waals surface area (Å²) in [7, 11) is 0. The van der Waals surface area contributed by atoms with Crippen LogP contribution in [0.4, 0.5) is 11.4 Å². The summed E-state index contributed by atoms with van der Waals surface area (Å²) in [5.41, 5.74) is 0.416. The summed E-state index contributed by atoms with van der Waals surface area (Å²) in [6.45, 7) is 1.53. The van der Waals surface area contributed by atoms with E-state index in [4.69, 9.17) is 9.47 Å². The van der Waals surface area contributed by atoms with E-state index in [1.54, 1.807) is 19.1 Å². The average molecular weight is 455 g/mol. The third-order valence-corrected chi connectivity index (χ3v) is 4.77. The number of imide groups is 1. The quantitative estimate of drug-likeness (QED) is 0.263. The molecule has 2 aromatic carbocycles. The number of nitro benzene ring substituents is 1. The molecule has 3 rings (SSSR count). The van der Waals surface area contributed by atoms with Crippen LogP contribution in [0.2, 0.25) is 0 Å². The second-order valence-electron chi connectivity index (χ2n) is 7.06. The maximum atomic E-state index is 12.2. The predicted molar refractivity (Wildman–Crippen MR) is 114 cm³/mol. The summed E-state index contributed by atoms with van der Waals surface area (Å²) in [5.74, 6) is -1.70. The molecule has 0 aromatic heterocycles. The molecule has 33 heavy (non-hydrogen) atoms. The van der Waals surface area contributed by atoms with Crippen LogP contribution in [0.25, 0.3) is 0 Å². The number of nitrogens with zero attached hydrogens (tertiary/aromatic N) is 2. The molecule has 1 saturated heterocycles. The van der Waals surface area contributed by atoms with E-state index in [9.17, 15) is 29.3 Å². The highest BCUT2D eigenvalue weighted by Gasteiger charge is 2.28. The molecule has 1 aliphatic heterocycles. The van der Waals surface area contributed by atoms with Crippen molar-refractivity contribution in [3.05, 3.63) is 63.7 Å². The van der Waals surface area contributed by atoms with Crippen LogP contribution in [0.15, 0.2) is 42.5 Å². The highest BCUT2D eigenvalue weighted by atomic mass is 16.6. The lowest BCUT2D eigenvalue weighted by atomic mass is 10.1. The fourth-order valence-electron chi connectivity index (χ4n) is 3.15. The van der Waals surface area contributed by atoms with Crippen LogP contribution in [0.5, 0.6) is 5.75 Å². The molecule has 1 fully saturated rings. The van der Waals surface area contributed by atoms with Gasteiger partial charge in [0.15, 0.2) is 6.61 Å². The van der Waals surface area contributed by atoms with Gasteiger partial charge in [-0.15, -0.1) is 0 Å². The van der Waals surface area contributed by atoms with Gasteiger partial charge in [0.1, 0.15) is 11.4 Å². The molecule has 2 aromatic rings. The van der Waals surface area contributed by atoms with Gasteiger partial charge in [0.2, 0.25) is 11.8 Å². The fourth-order valence-corrected chi connectivity index (χ4v) is 3.15. The van der Waals surface area contributed by atoms with Crippen LogP contribution in [-0.2, 0) is 25.7 Å². The number of rotatable bonds is 9. The number of benzene rings is 2. The van der Waals surface area contributed by atoms with E-state index >= 15 is 0 Å². The monoisotopic (exact) mass is 455 g/mol. The molecule has 3 amide bonds. The molecule has 0 unspecified atom stereocenters. The molecule has 0 atom stereocenters. The molecule has 11 nitrogen and oxygen atoms in total. The Balaban J connectivity index is 1.55. The van der Waals surface area contributed by atoms with Crippen LogP contribution >= 0.6 is 0 Å². The van der Waals surface area contributed by atoms with E-state index in [2.05, 4.69) is 5.32 Å². The van der Waals surface area contributed by atoms with Crippen molar-refractivity contribution in [2.45, 2.75) is 26.3 Å². The summed E-state index contributed by atoms with van der Waals surface area (Å²) >= 11 is 0. The normalized spacial score (nSPS) is 13.1. The third kappa shape index (κ3) is 5.91. The molecular weight excluding hydrogens is 434 g/mol. The van der Waals surface area contributed by atoms with Crippen molar-refractivity contribution in [2.75, 3.05) is 18.5 Å².